The number of thiazole rings is 1. The van der Waals surface area contributed by atoms with Gasteiger partial charge in [0.25, 0.3) is 0 Å². The van der Waals surface area contributed by atoms with Gasteiger partial charge in [-0.25, -0.2) is 9.97 Å². The van der Waals surface area contributed by atoms with Crippen LogP contribution in [0.4, 0.5) is 5.69 Å². The van der Waals surface area contributed by atoms with Gasteiger partial charge in [-0.2, -0.15) is 0 Å². The van der Waals surface area contributed by atoms with Gasteiger partial charge in [0.15, 0.2) is 0 Å². The van der Waals surface area contributed by atoms with Crippen LogP contribution in [0.1, 0.15) is 21.1 Å². The molecule has 0 aromatic carbocycles. The highest BCUT2D eigenvalue weighted by molar-refractivity contribution is 7.11. The molecule has 2 aromatic rings. The van der Waals surface area contributed by atoms with Gasteiger partial charge in [-0.1, -0.05) is 11.6 Å². The minimum Gasteiger partial charge on any atom is -0.379 e. The molecule has 0 aliphatic rings. The van der Waals surface area contributed by atoms with Crippen LogP contribution in [0.25, 0.3) is 0 Å². The third-order valence-corrected chi connectivity index (χ3v) is 3.80. The SMILES string of the molecule is Cc1nc(C)c(CNc2cnc(Cl)cc2C)s1. The smallest absolute Gasteiger partial charge is 0.129 e. The predicted octanol–water partition coefficient (Wildman–Crippen LogP) is 3.73. The van der Waals surface area contributed by atoms with Crippen LogP contribution in [0.3, 0.4) is 0 Å². The van der Waals surface area contributed by atoms with Crippen molar-refractivity contribution in [2.75, 3.05) is 5.32 Å². The van der Waals surface area contributed by atoms with Crippen molar-refractivity contribution in [3.8, 4) is 0 Å². The van der Waals surface area contributed by atoms with Gasteiger partial charge in [-0.15, -0.1) is 11.3 Å². The van der Waals surface area contributed by atoms with Crippen molar-refractivity contribution in [2.45, 2.75) is 27.3 Å². The highest BCUT2D eigenvalue weighted by Gasteiger charge is 2.05. The molecule has 3 nitrogen and oxygen atoms in total. The Morgan fingerprint density at radius 1 is 1.35 bits per heavy atom. The van der Waals surface area contributed by atoms with Crippen molar-refractivity contribution in [3.05, 3.63) is 38.6 Å². The fourth-order valence-corrected chi connectivity index (χ4v) is 2.71. The summed E-state index contributed by atoms with van der Waals surface area (Å²) in [5.41, 5.74) is 3.21. The Morgan fingerprint density at radius 2 is 2.12 bits per heavy atom. The van der Waals surface area contributed by atoms with Crippen molar-refractivity contribution in [1.29, 1.82) is 0 Å². The maximum atomic E-state index is 5.82. The molecule has 0 unspecified atom stereocenters. The zero-order valence-electron chi connectivity index (χ0n) is 10.0. The Hall–Kier alpha value is -1.13. The van der Waals surface area contributed by atoms with Crippen LogP contribution in [0.5, 0.6) is 0 Å². The summed E-state index contributed by atoms with van der Waals surface area (Å²) < 4.78 is 0. The van der Waals surface area contributed by atoms with Gasteiger partial charge in [-0.05, 0) is 32.4 Å². The van der Waals surface area contributed by atoms with Gasteiger partial charge in [0.2, 0.25) is 0 Å². The maximum absolute atomic E-state index is 5.82. The largest absolute Gasteiger partial charge is 0.379 e. The first kappa shape index (κ1) is 12.3. The number of halogens is 1. The van der Waals surface area contributed by atoms with Crippen molar-refractivity contribution in [3.63, 3.8) is 0 Å². The minimum absolute atomic E-state index is 0.526. The normalized spacial score (nSPS) is 10.6. The molecule has 0 radical (unpaired) electrons. The van der Waals surface area contributed by atoms with E-state index in [2.05, 4.69) is 15.3 Å². The third-order valence-electron chi connectivity index (χ3n) is 2.52. The quantitative estimate of drug-likeness (QED) is 0.861. The standard InChI is InChI=1S/C12H14ClN3S/c1-7-4-12(13)15-5-10(7)14-6-11-8(2)16-9(3)17-11/h4-5,14H,6H2,1-3H3. The average Bonchev–Trinajstić information content (AvgIpc) is 2.56. The molecule has 2 heterocycles. The van der Waals surface area contributed by atoms with E-state index in [1.807, 2.05) is 26.8 Å². The van der Waals surface area contributed by atoms with E-state index in [0.717, 1.165) is 28.5 Å². The lowest BCUT2D eigenvalue weighted by molar-refractivity contribution is 1.10. The summed E-state index contributed by atoms with van der Waals surface area (Å²) in [6, 6.07) is 1.86. The monoisotopic (exact) mass is 267 g/mol. The molecular formula is C12H14ClN3S. The van der Waals surface area contributed by atoms with Gasteiger partial charge in [0, 0.05) is 4.88 Å². The molecule has 0 spiro atoms. The molecule has 0 bridgehead atoms. The summed E-state index contributed by atoms with van der Waals surface area (Å²) in [6.45, 7) is 6.85. The number of hydrogen-bond acceptors (Lipinski definition) is 4. The summed E-state index contributed by atoms with van der Waals surface area (Å²) in [6.07, 6.45) is 1.76. The number of hydrogen-bond donors (Lipinski definition) is 1. The van der Waals surface area contributed by atoms with E-state index in [-0.39, 0.29) is 0 Å². The first-order valence-corrected chi connectivity index (χ1v) is 6.54. The van der Waals surface area contributed by atoms with Crippen LogP contribution < -0.4 is 5.32 Å². The van der Waals surface area contributed by atoms with Crippen molar-refractivity contribution in [2.24, 2.45) is 0 Å². The lowest BCUT2D eigenvalue weighted by atomic mass is 10.2. The summed E-state index contributed by atoms with van der Waals surface area (Å²) in [4.78, 5) is 9.73. The van der Waals surface area contributed by atoms with E-state index < -0.39 is 0 Å². The second-order valence-corrected chi connectivity index (χ2v) is 5.59. The molecule has 0 aliphatic carbocycles. The Bertz CT molecular complexity index is 537. The first-order valence-electron chi connectivity index (χ1n) is 5.35. The molecule has 90 valence electrons. The van der Waals surface area contributed by atoms with Crippen LogP contribution in [0.2, 0.25) is 5.15 Å². The summed E-state index contributed by atoms with van der Waals surface area (Å²) in [5, 5.41) is 4.99. The van der Waals surface area contributed by atoms with E-state index in [1.165, 1.54) is 4.88 Å². The van der Waals surface area contributed by atoms with E-state index in [4.69, 9.17) is 11.6 Å². The van der Waals surface area contributed by atoms with E-state index >= 15 is 0 Å². The van der Waals surface area contributed by atoms with Crippen LogP contribution in [0.15, 0.2) is 12.3 Å². The van der Waals surface area contributed by atoms with E-state index in [9.17, 15) is 0 Å². The molecule has 2 aromatic heterocycles. The topological polar surface area (TPSA) is 37.8 Å². The first-order chi connectivity index (χ1) is 8.06. The Kier molecular flexibility index (Phi) is 3.64. The van der Waals surface area contributed by atoms with Crippen LogP contribution in [0, 0.1) is 20.8 Å². The van der Waals surface area contributed by atoms with Gasteiger partial charge < -0.3 is 5.32 Å². The summed E-state index contributed by atoms with van der Waals surface area (Å²) in [7, 11) is 0. The fraction of sp³-hybridized carbons (Fsp3) is 0.333. The third kappa shape index (κ3) is 2.96. The number of pyridine rings is 1. The molecule has 0 aliphatic heterocycles. The molecule has 0 saturated carbocycles. The molecule has 2 rings (SSSR count). The van der Waals surface area contributed by atoms with Gasteiger partial charge >= 0.3 is 0 Å². The molecule has 17 heavy (non-hydrogen) atoms. The summed E-state index contributed by atoms with van der Waals surface area (Å²) >= 11 is 7.54. The number of nitrogens with one attached hydrogen (secondary N) is 1. The second-order valence-electron chi connectivity index (χ2n) is 3.92. The number of aryl methyl sites for hydroxylation is 3. The average molecular weight is 268 g/mol. The highest BCUT2D eigenvalue weighted by Crippen LogP contribution is 2.21. The molecule has 0 atom stereocenters. The van der Waals surface area contributed by atoms with Gasteiger partial charge in [0.1, 0.15) is 5.15 Å². The van der Waals surface area contributed by atoms with Crippen molar-refractivity contribution >= 4 is 28.6 Å². The number of rotatable bonds is 3. The Balaban J connectivity index is 2.10. The van der Waals surface area contributed by atoms with Crippen molar-refractivity contribution in [1.82, 2.24) is 9.97 Å². The van der Waals surface area contributed by atoms with Gasteiger partial charge in [-0.3, -0.25) is 0 Å². The molecule has 0 saturated heterocycles. The second kappa shape index (κ2) is 5.02. The van der Waals surface area contributed by atoms with Gasteiger partial charge in [0.05, 0.1) is 29.1 Å². The number of aromatic nitrogens is 2. The Labute approximate surface area is 110 Å². The minimum atomic E-state index is 0.526. The predicted molar refractivity (Wildman–Crippen MR) is 72.9 cm³/mol. The Morgan fingerprint density at radius 3 is 2.71 bits per heavy atom. The molecule has 0 amide bonds. The zero-order chi connectivity index (χ0) is 12.4. The summed E-state index contributed by atoms with van der Waals surface area (Å²) in [5.74, 6) is 0. The fourth-order valence-electron chi connectivity index (χ4n) is 1.62. The van der Waals surface area contributed by atoms with E-state index in [1.54, 1.807) is 17.5 Å². The van der Waals surface area contributed by atoms with Crippen LogP contribution >= 0.6 is 22.9 Å². The van der Waals surface area contributed by atoms with Crippen molar-refractivity contribution < 1.29 is 0 Å². The molecule has 1 N–H and O–H groups in total. The van der Waals surface area contributed by atoms with Crippen LogP contribution in [-0.2, 0) is 6.54 Å². The van der Waals surface area contributed by atoms with Crippen LogP contribution in [-0.4, -0.2) is 9.97 Å². The zero-order valence-corrected chi connectivity index (χ0v) is 11.6. The number of anilines is 1. The van der Waals surface area contributed by atoms with E-state index in [0.29, 0.717) is 5.15 Å². The maximum Gasteiger partial charge on any atom is 0.129 e. The lowest BCUT2D eigenvalue weighted by Crippen LogP contribution is -2.01. The molecule has 5 heteroatoms. The highest BCUT2D eigenvalue weighted by atomic mass is 35.5. The molecular weight excluding hydrogens is 254 g/mol. The number of nitrogens with zero attached hydrogens (tertiary/aromatic N) is 2. The molecule has 0 fully saturated rings. The lowest BCUT2D eigenvalue weighted by Gasteiger charge is -2.08.